The molecule has 0 spiro atoms. The van der Waals surface area contributed by atoms with E-state index >= 15 is 0 Å². The second-order valence-corrected chi connectivity index (χ2v) is 6.05. The van der Waals surface area contributed by atoms with Crippen molar-refractivity contribution in [3.05, 3.63) is 22.6 Å². The molecule has 1 atom stereocenters. The average molecular weight is 292 g/mol. The van der Waals surface area contributed by atoms with Crippen molar-refractivity contribution < 1.29 is 13.2 Å². The molecule has 0 aliphatic rings. The Labute approximate surface area is 118 Å². The number of halogens is 3. The summed E-state index contributed by atoms with van der Waals surface area (Å²) in [6, 6.07) is 0. The predicted octanol–water partition coefficient (Wildman–Crippen LogP) is 5.75. The fourth-order valence-electron chi connectivity index (χ4n) is 1.39. The van der Waals surface area contributed by atoms with Crippen LogP contribution < -0.4 is 0 Å². The molecule has 0 aromatic carbocycles. The van der Waals surface area contributed by atoms with Crippen molar-refractivity contribution in [1.82, 2.24) is 0 Å². The van der Waals surface area contributed by atoms with Gasteiger partial charge >= 0.3 is 6.18 Å². The molecule has 0 saturated carbocycles. The Bertz CT molecular complexity index is 356. The number of allylic oxidation sites excluding steroid dienone is 2. The van der Waals surface area contributed by atoms with Crippen molar-refractivity contribution in [3.8, 4) is 0 Å². The van der Waals surface area contributed by atoms with Crippen molar-refractivity contribution in [2.75, 3.05) is 11.5 Å². The summed E-state index contributed by atoms with van der Waals surface area (Å²) in [6.07, 6.45) is -2.78. The minimum absolute atomic E-state index is 0.0203. The van der Waals surface area contributed by atoms with Crippen molar-refractivity contribution in [2.24, 2.45) is 5.92 Å². The summed E-state index contributed by atoms with van der Waals surface area (Å²) < 4.78 is 38.6. The predicted molar refractivity (Wildman–Crippen MR) is 77.5 cm³/mol. The molecular formula is C15H23F3S. The summed E-state index contributed by atoms with van der Waals surface area (Å²) in [5, 5.41) is 0. The number of alkyl halides is 3. The Hall–Kier alpha value is -0.560. The standard InChI is InChI=1S/C15H23F3S/c1-5-12(3)7-8-14(15(16,17)18)11-13(4)9-10-19-6-2/h13H,5-6,9-11H2,1-4H3. The normalized spacial score (nSPS) is 12.6. The first-order valence-electron chi connectivity index (χ1n) is 6.66. The Balaban J connectivity index is 4.87. The van der Waals surface area contributed by atoms with E-state index in [9.17, 15) is 13.2 Å². The zero-order valence-electron chi connectivity index (χ0n) is 12.2. The second kappa shape index (κ2) is 9.36. The smallest absolute Gasteiger partial charge is 0.166 e. The Morgan fingerprint density at radius 2 is 1.84 bits per heavy atom. The molecule has 0 bridgehead atoms. The van der Waals surface area contributed by atoms with Crippen LogP contribution in [-0.4, -0.2) is 17.7 Å². The minimum Gasteiger partial charge on any atom is -0.166 e. The van der Waals surface area contributed by atoms with Crippen LogP contribution >= 0.6 is 11.8 Å². The summed E-state index contributed by atoms with van der Waals surface area (Å²) in [5.41, 5.74) is 5.14. The summed E-state index contributed by atoms with van der Waals surface area (Å²) >= 11 is 1.76. The Morgan fingerprint density at radius 3 is 2.32 bits per heavy atom. The lowest BCUT2D eigenvalue weighted by atomic mass is 9.99. The van der Waals surface area contributed by atoms with E-state index in [0.717, 1.165) is 23.5 Å². The molecule has 0 rings (SSSR count). The minimum atomic E-state index is -4.30. The molecule has 1 unspecified atom stereocenters. The lowest BCUT2D eigenvalue weighted by Gasteiger charge is -2.14. The van der Waals surface area contributed by atoms with E-state index in [2.05, 4.69) is 18.4 Å². The van der Waals surface area contributed by atoms with Crippen LogP contribution in [0.4, 0.5) is 13.2 Å². The van der Waals surface area contributed by atoms with Crippen LogP contribution in [0.15, 0.2) is 22.6 Å². The molecule has 0 aromatic heterocycles. The molecule has 4 heteroatoms. The van der Waals surface area contributed by atoms with E-state index in [1.54, 1.807) is 18.7 Å². The highest BCUT2D eigenvalue weighted by atomic mass is 32.2. The van der Waals surface area contributed by atoms with Gasteiger partial charge in [0.2, 0.25) is 0 Å². The van der Waals surface area contributed by atoms with E-state index in [1.165, 1.54) is 0 Å². The molecule has 0 heterocycles. The number of hydrogen-bond acceptors (Lipinski definition) is 1. The SMILES string of the molecule is CCSCCC(C)CC(=C=C=C(C)CC)C(F)(F)F. The van der Waals surface area contributed by atoms with Gasteiger partial charge in [0.05, 0.1) is 5.57 Å². The van der Waals surface area contributed by atoms with Gasteiger partial charge in [-0.3, -0.25) is 0 Å². The fourth-order valence-corrected chi connectivity index (χ4v) is 2.25. The van der Waals surface area contributed by atoms with Gasteiger partial charge in [0.25, 0.3) is 0 Å². The Kier molecular flexibility index (Phi) is 9.08. The molecule has 110 valence electrons. The maximum atomic E-state index is 12.9. The monoisotopic (exact) mass is 292 g/mol. The molecule has 0 radical (unpaired) electrons. The average Bonchev–Trinajstić information content (AvgIpc) is 2.32. The van der Waals surface area contributed by atoms with Gasteiger partial charge in [0.1, 0.15) is 0 Å². The molecule has 0 aliphatic heterocycles. The van der Waals surface area contributed by atoms with E-state index < -0.39 is 11.7 Å². The number of hydrogen-bond donors (Lipinski definition) is 0. The fraction of sp³-hybridized carbons (Fsp3) is 0.733. The third kappa shape index (κ3) is 9.04. The topological polar surface area (TPSA) is 0 Å². The lowest BCUT2D eigenvalue weighted by molar-refractivity contribution is -0.0949. The van der Waals surface area contributed by atoms with Crippen molar-refractivity contribution >= 4 is 11.8 Å². The van der Waals surface area contributed by atoms with E-state index in [0.29, 0.717) is 6.42 Å². The van der Waals surface area contributed by atoms with Crippen LogP contribution in [0.3, 0.4) is 0 Å². The molecule has 0 aromatic rings. The van der Waals surface area contributed by atoms with Gasteiger partial charge in [0.15, 0.2) is 0 Å². The van der Waals surface area contributed by atoms with Crippen molar-refractivity contribution in [1.29, 1.82) is 0 Å². The molecule has 0 aliphatic carbocycles. The summed E-state index contributed by atoms with van der Waals surface area (Å²) in [5.74, 6) is 1.94. The van der Waals surface area contributed by atoms with E-state index in [1.807, 2.05) is 13.8 Å². The quantitative estimate of drug-likeness (QED) is 0.425. The first-order valence-corrected chi connectivity index (χ1v) is 7.81. The molecule has 19 heavy (non-hydrogen) atoms. The van der Waals surface area contributed by atoms with Crippen LogP contribution in [0.2, 0.25) is 0 Å². The van der Waals surface area contributed by atoms with Crippen LogP contribution in [0.25, 0.3) is 0 Å². The van der Waals surface area contributed by atoms with Gasteiger partial charge in [-0.2, -0.15) is 24.9 Å². The first-order chi connectivity index (χ1) is 8.81. The van der Waals surface area contributed by atoms with Crippen LogP contribution in [0, 0.1) is 5.92 Å². The molecule has 0 nitrogen and oxygen atoms in total. The lowest BCUT2D eigenvalue weighted by Crippen LogP contribution is -2.14. The van der Waals surface area contributed by atoms with Crippen molar-refractivity contribution in [2.45, 2.75) is 53.1 Å². The third-order valence-electron chi connectivity index (χ3n) is 2.81. The summed E-state index contributed by atoms with van der Waals surface area (Å²) in [7, 11) is 0. The van der Waals surface area contributed by atoms with Gasteiger partial charge in [-0.05, 0) is 49.2 Å². The number of rotatable bonds is 7. The van der Waals surface area contributed by atoms with Crippen molar-refractivity contribution in [3.63, 3.8) is 0 Å². The van der Waals surface area contributed by atoms with Crippen LogP contribution in [0.5, 0.6) is 0 Å². The van der Waals surface area contributed by atoms with Crippen LogP contribution in [0.1, 0.15) is 47.0 Å². The van der Waals surface area contributed by atoms with E-state index in [-0.39, 0.29) is 12.3 Å². The maximum absolute atomic E-state index is 12.9. The largest absolute Gasteiger partial charge is 0.420 e. The van der Waals surface area contributed by atoms with Gasteiger partial charge in [-0.25, -0.2) is 0 Å². The van der Waals surface area contributed by atoms with Gasteiger partial charge in [-0.15, -0.1) is 0 Å². The van der Waals surface area contributed by atoms with Gasteiger partial charge in [-0.1, -0.05) is 32.2 Å². The van der Waals surface area contributed by atoms with Crippen LogP contribution in [-0.2, 0) is 0 Å². The zero-order valence-corrected chi connectivity index (χ0v) is 13.0. The molecule has 0 N–H and O–H groups in total. The first kappa shape index (κ1) is 18.4. The highest BCUT2D eigenvalue weighted by Crippen LogP contribution is 2.31. The number of thioether (sulfide) groups is 1. The molecule has 0 amide bonds. The van der Waals surface area contributed by atoms with Gasteiger partial charge < -0.3 is 0 Å². The maximum Gasteiger partial charge on any atom is 0.420 e. The second-order valence-electron chi connectivity index (χ2n) is 4.66. The van der Waals surface area contributed by atoms with E-state index in [4.69, 9.17) is 0 Å². The Morgan fingerprint density at radius 1 is 1.21 bits per heavy atom. The molecule has 0 saturated heterocycles. The third-order valence-corrected chi connectivity index (χ3v) is 3.74. The highest BCUT2D eigenvalue weighted by Gasteiger charge is 2.34. The molecule has 0 fully saturated rings. The van der Waals surface area contributed by atoms with Gasteiger partial charge in [0, 0.05) is 0 Å². The zero-order chi connectivity index (χ0) is 14.9. The summed E-state index contributed by atoms with van der Waals surface area (Å²) in [4.78, 5) is 0. The molecular weight excluding hydrogens is 269 g/mol. The summed E-state index contributed by atoms with van der Waals surface area (Å²) in [6.45, 7) is 7.57. The highest BCUT2D eigenvalue weighted by molar-refractivity contribution is 7.99.